The van der Waals surface area contributed by atoms with Gasteiger partial charge in [0.15, 0.2) is 5.11 Å². The van der Waals surface area contributed by atoms with Gasteiger partial charge in [-0.15, -0.1) is 0 Å². The Morgan fingerprint density at radius 3 is 2.72 bits per heavy atom. The van der Waals surface area contributed by atoms with E-state index in [4.69, 9.17) is 28.6 Å². The molecule has 1 fully saturated rings. The van der Waals surface area contributed by atoms with E-state index in [9.17, 15) is 0 Å². The average molecular weight is 376 g/mol. The molecule has 0 radical (unpaired) electrons. The van der Waals surface area contributed by atoms with Gasteiger partial charge in [0, 0.05) is 25.3 Å². The second-order valence-electron chi connectivity index (χ2n) is 6.08. The summed E-state index contributed by atoms with van der Waals surface area (Å²) in [5, 5.41) is 4.57. The predicted molar refractivity (Wildman–Crippen MR) is 107 cm³/mol. The van der Waals surface area contributed by atoms with E-state index in [1.54, 1.807) is 7.11 Å². The lowest BCUT2D eigenvalue weighted by Gasteiger charge is -2.37. The van der Waals surface area contributed by atoms with Crippen LogP contribution in [0.3, 0.4) is 0 Å². The van der Waals surface area contributed by atoms with Crippen LogP contribution in [-0.2, 0) is 6.54 Å². The van der Waals surface area contributed by atoms with Gasteiger partial charge in [0.05, 0.1) is 18.8 Å². The first-order valence-corrected chi connectivity index (χ1v) is 9.10. The van der Waals surface area contributed by atoms with E-state index in [0.717, 1.165) is 43.5 Å². The Morgan fingerprint density at radius 2 is 2.00 bits per heavy atom. The summed E-state index contributed by atoms with van der Waals surface area (Å²) < 4.78 is 5.18. The fraction of sp³-hybridized carbons (Fsp3) is 0.316. The van der Waals surface area contributed by atoms with Gasteiger partial charge >= 0.3 is 0 Å². The van der Waals surface area contributed by atoms with Crippen LogP contribution in [-0.4, -0.2) is 41.8 Å². The third-order valence-corrected chi connectivity index (χ3v) is 4.87. The average Bonchev–Trinajstić information content (AvgIpc) is 2.63. The molecule has 3 rings (SSSR count). The van der Waals surface area contributed by atoms with Crippen molar-refractivity contribution in [2.45, 2.75) is 13.0 Å². The van der Waals surface area contributed by atoms with Crippen LogP contribution < -0.4 is 10.1 Å². The third kappa shape index (κ3) is 4.84. The number of benzene rings is 2. The lowest BCUT2D eigenvalue weighted by molar-refractivity contribution is 0.134. The Bertz CT molecular complexity index is 726. The Kier molecular flexibility index (Phi) is 6.13. The van der Waals surface area contributed by atoms with E-state index in [1.165, 1.54) is 5.56 Å². The summed E-state index contributed by atoms with van der Waals surface area (Å²) in [4.78, 5) is 4.60. The molecular weight excluding hydrogens is 354 g/mol. The summed E-state index contributed by atoms with van der Waals surface area (Å²) >= 11 is 11.8. The molecule has 0 unspecified atom stereocenters. The number of methoxy groups -OCH3 is 1. The Hall–Kier alpha value is -1.82. The number of hydrogen-bond donors (Lipinski definition) is 1. The Morgan fingerprint density at radius 1 is 1.20 bits per heavy atom. The topological polar surface area (TPSA) is 27.7 Å². The van der Waals surface area contributed by atoms with Gasteiger partial charge in [-0.2, -0.15) is 0 Å². The number of hydrogen-bond acceptors (Lipinski definition) is 3. The highest BCUT2D eigenvalue weighted by molar-refractivity contribution is 7.80. The van der Waals surface area contributed by atoms with Gasteiger partial charge in [-0.3, -0.25) is 4.90 Å². The first-order chi connectivity index (χ1) is 12.2. The minimum absolute atomic E-state index is 0.569. The van der Waals surface area contributed by atoms with Crippen molar-refractivity contribution in [3.63, 3.8) is 0 Å². The van der Waals surface area contributed by atoms with Gasteiger partial charge in [0.1, 0.15) is 5.75 Å². The maximum atomic E-state index is 6.18. The maximum Gasteiger partial charge on any atom is 0.174 e. The molecule has 1 heterocycles. The van der Waals surface area contributed by atoms with Crippen molar-refractivity contribution >= 4 is 34.6 Å². The third-order valence-electron chi connectivity index (χ3n) is 4.21. The van der Waals surface area contributed by atoms with Crippen LogP contribution >= 0.6 is 23.8 Å². The molecule has 1 saturated heterocycles. The van der Waals surface area contributed by atoms with Crippen LogP contribution in [0, 0.1) is 0 Å². The maximum absolute atomic E-state index is 6.18. The van der Waals surface area contributed by atoms with Crippen LogP contribution in [0.5, 0.6) is 5.75 Å². The Balaban J connectivity index is 1.59. The molecule has 1 aliphatic heterocycles. The molecule has 0 aliphatic carbocycles. The number of halogens is 1. The van der Waals surface area contributed by atoms with Crippen molar-refractivity contribution in [2.24, 2.45) is 0 Å². The highest BCUT2D eigenvalue weighted by atomic mass is 35.5. The molecular formula is C19H22ClN3OS. The van der Waals surface area contributed by atoms with Gasteiger partial charge in [-0.1, -0.05) is 41.9 Å². The van der Waals surface area contributed by atoms with Crippen molar-refractivity contribution in [1.29, 1.82) is 0 Å². The summed E-state index contributed by atoms with van der Waals surface area (Å²) in [6, 6.07) is 16.1. The van der Waals surface area contributed by atoms with Gasteiger partial charge in [0.2, 0.25) is 0 Å². The van der Waals surface area contributed by atoms with Crippen molar-refractivity contribution in [3.8, 4) is 5.75 Å². The molecule has 6 heteroatoms. The standard InChI is InChI=1S/C19H22ClN3OS/c1-24-18-9-8-16(12-17(18)20)21-19(25)23-11-5-10-22(14-23)13-15-6-3-2-4-7-15/h2-4,6-9,12H,5,10-11,13-14H2,1H3,(H,21,25). The fourth-order valence-electron chi connectivity index (χ4n) is 2.95. The molecule has 0 bridgehead atoms. The highest BCUT2D eigenvalue weighted by Gasteiger charge is 2.19. The zero-order valence-corrected chi connectivity index (χ0v) is 15.8. The number of anilines is 1. The number of thiocarbonyl (C=S) groups is 1. The summed E-state index contributed by atoms with van der Waals surface area (Å²) in [5.74, 6) is 0.658. The van der Waals surface area contributed by atoms with Gasteiger partial charge < -0.3 is 15.0 Å². The molecule has 4 nitrogen and oxygen atoms in total. The minimum Gasteiger partial charge on any atom is -0.495 e. The van der Waals surface area contributed by atoms with Gasteiger partial charge in [-0.25, -0.2) is 0 Å². The number of ether oxygens (including phenoxy) is 1. The molecule has 0 spiro atoms. The van der Waals surface area contributed by atoms with Crippen molar-refractivity contribution < 1.29 is 4.74 Å². The molecule has 0 saturated carbocycles. The van der Waals surface area contributed by atoms with Gasteiger partial charge in [0.25, 0.3) is 0 Å². The second kappa shape index (κ2) is 8.52. The van der Waals surface area contributed by atoms with Crippen LogP contribution in [0.4, 0.5) is 5.69 Å². The largest absolute Gasteiger partial charge is 0.495 e. The van der Waals surface area contributed by atoms with E-state index in [1.807, 2.05) is 24.3 Å². The molecule has 132 valence electrons. The second-order valence-corrected chi connectivity index (χ2v) is 6.87. The molecule has 0 amide bonds. The molecule has 0 atom stereocenters. The lowest BCUT2D eigenvalue weighted by Crippen LogP contribution is -2.48. The molecule has 1 aliphatic rings. The van der Waals surface area contributed by atoms with E-state index < -0.39 is 0 Å². The van der Waals surface area contributed by atoms with E-state index in [0.29, 0.717) is 10.8 Å². The number of nitrogens with one attached hydrogen (secondary N) is 1. The van der Waals surface area contributed by atoms with Crippen molar-refractivity contribution in [3.05, 3.63) is 59.1 Å². The van der Waals surface area contributed by atoms with Crippen molar-refractivity contribution in [1.82, 2.24) is 9.80 Å². The van der Waals surface area contributed by atoms with Gasteiger partial charge in [-0.05, 0) is 42.4 Å². The van der Waals surface area contributed by atoms with Crippen LogP contribution in [0.2, 0.25) is 5.02 Å². The first-order valence-electron chi connectivity index (χ1n) is 8.31. The predicted octanol–water partition coefficient (Wildman–Crippen LogP) is 4.21. The van der Waals surface area contributed by atoms with E-state index in [-0.39, 0.29) is 0 Å². The summed E-state index contributed by atoms with van der Waals surface area (Å²) in [6.45, 7) is 3.81. The molecule has 0 aromatic heterocycles. The summed E-state index contributed by atoms with van der Waals surface area (Å²) in [6.07, 6.45) is 1.10. The summed E-state index contributed by atoms with van der Waals surface area (Å²) in [5.41, 5.74) is 2.20. The van der Waals surface area contributed by atoms with Crippen LogP contribution in [0.15, 0.2) is 48.5 Å². The smallest absolute Gasteiger partial charge is 0.174 e. The fourth-order valence-corrected chi connectivity index (χ4v) is 3.48. The molecule has 25 heavy (non-hydrogen) atoms. The molecule has 2 aromatic rings. The van der Waals surface area contributed by atoms with Crippen LogP contribution in [0.25, 0.3) is 0 Å². The highest BCUT2D eigenvalue weighted by Crippen LogP contribution is 2.27. The number of rotatable bonds is 4. The first kappa shape index (κ1) is 18.0. The summed E-state index contributed by atoms with van der Waals surface area (Å²) in [7, 11) is 1.61. The molecule has 2 aromatic carbocycles. The van der Waals surface area contributed by atoms with Crippen LogP contribution in [0.1, 0.15) is 12.0 Å². The number of nitrogens with zero attached hydrogens (tertiary/aromatic N) is 2. The normalized spacial score (nSPS) is 15.0. The van der Waals surface area contributed by atoms with E-state index >= 15 is 0 Å². The zero-order valence-electron chi connectivity index (χ0n) is 14.2. The quantitative estimate of drug-likeness (QED) is 0.808. The monoisotopic (exact) mass is 375 g/mol. The van der Waals surface area contributed by atoms with Crippen molar-refractivity contribution in [2.75, 3.05) is 32.2 Å². The SMILES string of the molecule is COc1ccc(NC(=S)N2CCCN(Cc3ccccc3)C2)cc1Cl. The van der Waals surface area contributed by atoms with E-state index in [2.05, 4.69) is 39.4 Å². The Labute approximate surface area is 159 Å². The molecule has 1 N–H and O–H groups in total. The minimum atomic E-state index is 0.569. The zero-order chi connectivity index (χ0) is 17.6. The lowest BCUT2D eigenvalue weighted by atomic mass is 10.2.